The van der Waals surface area contributed by atoms with E-state index in [0.29, 0.717) is 0 Å². The summed E-state index contributed by atoms with van der Waals surface area (Å²) in [6.45, 7) is -0.0735. The molecule has 2 amide bonds. The van der Waals surface area contributed by atoms with Crippen molar-refractivity contribution < 1.29 is 9.59 Å². The van der Waals surface area contributed by atoms with E-state index in [0.717, 1.165) is 12.8 Å². The van der Waals surface area contributed by atoms with E-state index in [1.54, 1.807) is 0 Å². The highest BCUT2D eigenvalue weighted by Crippen LogP contribution is 2.18. The molecule has 0 atom stereocenters. The van der Waals surface area contributed by atoms with Crippen LogP contribution in [0.15, 0.2) is 0 Å². The van der Waals surface area contributed by atoms with Gasteiger partial charge in [-0.1, -0.05) is 0 Å². The molecule has 1 saturated carbocycles. The zero-order chi connectivity index (χ0) is 11.5. The van der Waals surface area contributed by atoms with E-state index in [-0.39, 0.29) is 30.3 Å². The van der Waals surface area contributed by atoms with Crippen LogP contribution in [0.1, 0.15) is 23.5 Å². The number of nitrogens with two attached hydrogens (primary N) is 1. The van der Waals surface area contributed by atoms with Crippen LogP contribution in [0, 0.1) is 0 Å². The van der Waals surface area contributed by atoms with E-state index < -0.39 is 5.91 Å². The second kappa shape index (κ2) is 4.17. The molecule has 0 aliphatic heterocycles. The Bertz CT molecular complexity index is 410. The van der Waals surface area contributed by atoms with Crippen LogP contribution in [0.3, 0.4) is 0 Å². The first-order valence-electron chi connectivity index (χ1n) is 4.90. The first-order valence-corrected chi connectivity index (χ1v) is 4.90. The Hall–Kier alpha value is -2.12. The van der Waals surface area contributed by atoms with Crippen molar-refractivity contribution in [1.82, 2.24) is 25.8 Å². The fourth-order valence-electron chi connectivity index (χ4n) is 1.13. The van der Waals surface area contributed by atoms with Crippen LogP contribution in [-0.4, -0.2) is 39.6 Å². The molecule has 86 valence electrons. The molecule has 8 nitrogen and oxygen atoms in total. The molecular weight excluding hydrogens is 212 g/mol. The van der Waals surface area contributed by atoms with Gasteiger partial charge >= 0.3 is 0 Å². The van der Waals surface area contributed by atoms with E-state index in [9.17, 15) is 9.59 Å². The minimum absolute atomic E-state index is 0.00304. The number of carbonyl (C=O) groups is 2. The Kier molecular flexibility index (Phi) is 2.71. The van der Waals surface area contributed by atoms with Gasteiger partial charge in [0.2, 0.25) is 17.7 Å². The number of amides is 2. The van der Waals surface area contributed by atoms with Gasteiger partial charge in [0, 0.05) is 6.04 Å². The van der Waals surface area contributed by atoms with Crippen LogP contribution in [0.5, 0.6) is 0 Å². The summed E-state index contributed by atoms with van der Waals surface area (Å²) in [6, 6.07) is 0.283. The van der Waals surface area contributed by atoms with E-state index in [4.69, 9.17) is 5.73 Å². The second-order valence-corrected chi connectivity index (χ2v) is 3.57. The van der Waals surface area contributed by atoms with Crippen molar-refractivity contribution in [2.45, 2.75) is 18.9 Å². The van der Waals surface area contributed by atoms with Gasteiger partial charge in [0.25, 0.3) is 5.91 Å². The van der Waals surface area contributed by atoms with Crippen molar-refractivity contribution in [2.24, 2.45) is 0 Å². The summed E-state index contributed by atoms with van der Waals surface area (Å²) < 4.78 is 0. The van der Waals surface area contributed by atoms with E-state index in [1.807, 2.05) is 0 Å². The number of anilines is 1. The van der Waals surface area contributed by atoms with Crippen molar-refractivity contribution >= 4 is 17.8 Å². The number of nitrogens with one attached hydrogen (secondary N) is 3. The molecule has 16 heavy (non-hydrogen) atoms. The number of rotatable bonds is 4. The van der Waals surface area contributed by atoms with Crippen LogP contribution >= 0.6 is 0 Å². The molecule has 1 fully saturated rings. The lowest BCUT2D eigenvalue weighted by Gasteiger charge is -2.03. The Morgan fingerprint density at radius 1 is 1.50 bits per heavy atom. The highest BCUT2D eigenvalue weighted by molar-refractivity contribution is 5.93. The molecule has 0 saturated heterocycles. The number of aromatic nitrogens is 3. The van der Waals surface area contributed by atoms with Crippen LogP contribution in [0.4, 0.5) is 5.95 Å². The Balaban J connectivity index is 1.76. The van der Waals surface area contributed by atoms with Gasteiger partial charge < -0.3 is 16.4 Å². The van der Waals surface area contributed by atoms with Gasteiger partial charge in [-0.2, -0.15) is 4.98 Å². The van der Waals surface area contributed by atoms with Gasteiger partial charge in [-0.15, -0.1) is 5.10 Å². The largest absolute Gasteiger partial charge is 0.366 e. The molecule has 1 aliphatic carbocycles. The van der Waals surface area contributed by atoms with Gasteiger partial charge in [0.05, 0.1) is 6.54 Å². The number of hydrogen-bond acceptors (Lipinski definition) is 5. The van der Waals surface area contributed by atoms with Gasteiger partial charge in [0.1, 0.15) is 0 Å². The molecule has 0 spiro atoms. The Morgan fingerprint density at radius 2 is 2.25 bits per heavy atom. The maximum atomic E-state index is 11.4. The van der Waals surface area contributed by atoms with Crippen molar-refractivity contribution in [1.29, 1.82) is 0 Å². The Morgan fingerprint density at radius 3 is 2.81 bits per heavy atom. The highest BCUT2D eigenvalue weighted by atomic mass is 16.2. The molecule has 1 aliphatic rings. The highest BCUT2D eigenvalue weighted by Gasteiger charge is 2.23. The van der Waals surface area contributed by atoms with Crippen LogP contribution in [-0.2, 0) is 4.79 Å². The monoisotopic (exact) mass is 224 g/mol. The standard InChI is InChI=1S/C8H12N6O2/c9-8-12-6(13-14-8)7(16)10-3-5(15)11-4-1-2-4/h4H,1-3H2,(H,10,16)(H,11,15)(H3,9,12,13,14). The zero-order valence-electron chi connectivity index (χ0n) is 8.49. The lowest BCUT2D eigenvalue weighted by Crippen LogP contribution is -2.38. The maximum absolute atomic E-state index is 11.4. The predicted octanol–water partition coefficient (Wildman–Crippen LogP) is -1.60. The van der Waals surface area contributed by atoms with Crippen molar-refractivity contribution in [3.05, 3.63) is 5.82 Å². The lowest BCUT2D eigenvalue weighted by atomic mass is 10.5. The van der Waals surface area contributed by atoms with Crippen molar-refractivity contribution in [3.63, 3.8) is 0 Å². The van der Waals surface area contributed by atoms with E-state index in [1.165, 1.54) is 0 Å². The van der Waals surface area contributed by atoms with E-state index in [2.05, 4.69) is 25.8 Å². The van der Waals surface area contributed by atoms with Gasteiger partial charge in [-0.25, -0.2) is 0 Å². The predicted molar refractivity (Wildman–Crippen MR) is 54.3 cm³/mol. The summed E-state index contributed by atoms with van der Waals surface area (Å²) in [5, 5.41) is 11.0. The molecule has 5 N–H and O–H groups in total. The average Bonchev–Trinajstić information content (AvgIpc) is 2.95. The third kappa shape index (κ3) is 2.69. The molecule has 0 aromatic carbocycles. The third-order valence-corrected chi connectivity index (χ3v) is 2.07. The molecule has 0 bridgehead atoms. The number of aromatic amines is 1. The number of H-pyrrole nitrogens is 1. The van der Waals surface area contributed by atoms with Gasteiger partial charge in [0.15, 0.2) is 0 Å². The smallest absolute Gasteiger partial charge is 0.289 e. The summed E-state index contributed by atoms with van der Waals surface area (Å²) in [5.74, 6) is -0.720. The summed E-state index contributed by atoms with van der Waals surface area (Å²) in [6.07, 6.45) is 2.02. The molecule has 1 aromatic heterocycles. The SMILES string of the molecule is Nc1n[nH]c(C(=O)NCC(=O)NC2CC2)n1. The van der Waals surface area contributed by atoms with Crippen LogP contribution in [0.2, 0.25) is 0 Å². The minimum Gasteiger partial charge on any atom is -0.366 e. The zero-order valence-corrected chi connectivity index (χ0v) is 8.49. The molecule has 1 heterocycles. The molecular formula is C8H12N6O2. The second-order valence-electron chi connectivity index (χ2n) is 3.57. The Labute approximate surface area is 91.0 Å². The average molecular weight is 224 g/mol. The minimum atomic E-state index is -0.504. The quantitative estimate of drug-likeness (QED) is 0.489. The van der Waals surface area contributed by atoms with Crippen molar-refractivity contribution in [3.8, 4) is 0 Å². The third-order valence-electron chi connectivity index (χ3n) is 2.07. The first-order chi connectivity index (χ1) is 7.65. The first kappa shape index (κ1) is 10.4. The van der Waals surface area contributed by atoms with Crippen molar-refractivity contribution in [2.75, 3.05) is 12.3 Å². The fraction of sp³-hybridized carbons (Fsp3) is 0.500. The van der Waals surface area contributed by atoms with Gasteiger partial charge in [-0.05, 0) is 12.8 Å². The topological polar surface area (TPSA) is 126 Å². The van der Waals surface area contributed by atoms with E-state index >= 15 is 0 Å². The summed E-state index contributed by atoms with van der Waals surface area (Å²) in [5.41, 5.74) is 5.23. The maximum Gasteiger partial charge on any atom is 0.289 e. The summed E-state index contributed by atoms with van der Waals surface area (Å²) in [7, 11) is 0. The molecule has 2 rings (SSSR count). The number of carbonyl (C=O) groups excluding carboxylic acids is 2. The van der Waals surface area contributed by atoms with Crippen LogP contribution in [0.25, 0.3) is 0 Å². The number of hydrogen-bond donors (Lipinski definition) is 4. The van der Waals surface area contributed by atoms with Crippen LogP contribution < -0.4 is 16.4 Å². The van der Waals surface area contributed by atoms with Gasteiger partial charge in [-0.3, -0.25) is 14.7 Å². The molecule has 0 radical (unpaired) electrons. The number of nitrogen functional groups attached to an aromatic ring is 1. The summed E-state index contributed by atoms with van der Waals surface area (Å²) >= 11 is 0. The molecule has 0 unspecified atom stereocenters. The number of nitrogens with zero attached hydrogens (tertiary/aromatic N) is 2. The normalized spacial score (nSPS) is 14.5. The molecule has 1 aromatic rings. The summed E-state index contributed by atoms with van der Waals surface area (Å²) in [4.78, 5) is 26.3. The molecule has 8 heteroatoms. The fourth-order valence-corrected chi connectivity index (χ4v) is 1.13. The lowest BCUT2D eigenvalue weighted by molar-refractivity contribution is -0.120.